The molecule has 1 aromatic rings. The number of fused-ring (bicyclic) bond motifs is 1. The van der Waals surface area contributed by atoms with Gasteiger partial charge in [-0.25, -0.2) is 4.58 Å². The zero-order valence-electron chi connectivity index (χ0n) is 12.4. The maximum absolute atomic E-state index is 11.8. The zero-order chi connectivity index (χ0) is 14.1. The van der Waals surface area contributed by atoms with Crippen molar-refractivity contribution in [1.29, 1.82) is 0 Å². The minimum Gasteiger partial charge on any atom is -0.295 e. The van der Waals surface area contributed by atoms with Crippen molar-refractivity contribution in [1.82, 2.24) is 0 Å². The standard InChI is InChI=1S/C18H22NO/c1-13-3-5-14(6-4-13)11-18-17-12-16(20)8-7-15(17)9-10-19(18)2/h3-6,12,15H,7-11H2,1-2H3/q+1. The lowest BCUT2D eigenvalue weighted by atomic mass is 9.79. The molecule has 1 heterocycles. The summed E-state index contributed by atoms with van der Waals surface area (Å²) < 4.78 is 2.33. The second kappa shape index (κ2) is 5.35. The molecular formula is C18H22NO+. The fourth-order valence-electron chi connectivity index (χ4n) is 3.30. The van der Waals surface area contributed by atoms with E-state index < -0.39 is 0 Å². The highest BCUT2D eigenvalue weighted by Crippen LogP contribution is 2.30. The van der Waals surface area contributed by atoms with Crippen LogP contribution in [-0.2, 0) is 11.2 Å². The predicted octanol–water partition coefficient (Wildman–Crippen LogP) is 2.93. The molecule has 1 atom stereocenters. The first-order chi connectivity index (χ1) is 9.63. The highest BCUT2D eigenvalue weighted by Gasteiger charge is 2.33. The third-order valence-corrected chi connectivity index (χ3v) is 4.59. The number of allylic oxidation sites excluding steroid dienone is 2. The largest absolute Gasteiger partial charge is 0.295 e. The number of rotatable bonds is 2. The second-order valence-corrected chi connectivity index (χ2v) is 6.12. The Morgan fingerprint density at radius 1 is 1.20 bits per heavy atom. The minimum atomic E-state index is 0.299. The highest BCUT2D eigenvalue weighted by atomic mass is 16.1. The van der Waals surface area contributed by atoms with Gasteiger partial charge in [-0.1, -0.05) is 29.8 Å². The van der Waals surface area contributed by atoms with Gasteiger partial charge in [0.15, 0.2) is 11.5 Å². The van der Waals surface area contributed by atoms with E-state index in [9.17, 15) is 4.79 Å². The van der Waals surface area contributed by atoms with Gasteiger partial charge < -0.3 is 0 Å². The Bertz CT molecular complexity index is 592. The van der Waals surface area contributed by atoms with E-state index in [2.05, 4.69) is 42.8 Å². The maximum atomic E-state index is 11.8. The maximum Gasteiger partial charge on any atom is 0.183 e. The summed E-state index contributed by atoms with van der Waals surface area (Å²) in [5.74, 6) is 0.900. The summed E-state index contributed by atoms with van der Waals surface area (Å²) >= 11 is 0. The van der Waals surface area contributed by atoms with Crippen molar-refractivity contribution in [2.24, 2.45) is 5.92 Å². The Morgan fingerprint density at radius 2 is 1.95 bits per heavy atom. The van der Waals surface area contributed by atoms with Crippen molar-refractivity contribution in [2.75, 3.05) is 13.6 Å². The van der Waals surface area contributed by atoms with Gasteiger partial charge in [0, 0.05) is 18.4 Å². The molecule has 20 heavy (non-hydrogen) atoms. The normalized spacial score (nSPS) is 22.6. The van der Waals surface area contributed by atoms with Crippen LogP contribution in [0, 0.1) is 12.8 Å². The van der Waals surface area contributed by atoms with E-state index in [1.807, 2.05) is 6.08 Å². The van der Waals surface area contributed by atoms with Gasteiger partial charge in [-0.2, -0.15) is 0 Å². The molecule has 0 amide bonds. The number of ketones is 1. The van der Waals surface area contributed by atoms with Crippen LogP contribution in [0.25, 0.3) is 0 Å². The lowest BCUT2D eigenvalue weighted by Crippen LogP contribution is -2.35. The van der Waals surface area contributed by atoms with Gasteiger partial charge in [0.2, 0.25) is 0 Å². The van der Waals surface area contributed by atoms with E-state index >= 15 is 0 Å². The average Bonchev–Trinajstić information content (AvgIpc) is 2.44. The third kappa shape index (κ3) is 2.60. The molecule has 2 aliphatic rings. The number of carbonyl (C=O) groups is 1. The van der Waals surface area contributed by atoms with Crippen LogP contribution in [0.3, 0.4) is 0 Å². The SMILES string of the molecule is Cc1ccc(CC2=[N+](C)CCC3CCC(=O)C=C23)cc1. The molecular weight excluding hydrogens is 246 g/mol. The molecule has 0 spiro atoms. The lowest BCUT2D eigenvalue weighted by molar-refractivity contribution is -0.503. The number of hydrogen-bond donors (Lipinski definition) is 0. The predicted molar refractivity (Wildman–Crippen MR) is 81.4 cm³/mol. The molecule has 1 unspecified atom stereocenters. The van der Waals surface area contributed by atoms with E-state index in [1.165, 1.54) is 28.8 Å². The molecule has 0 saturated heterocycles. The molecule has 1 aliphatic carbocycles. The number of nitrogens with zero attached hydrogens (tertiary/aromatic N) is 1. The molecule has 0 aromatic heterocycles. The van der Waals surface area contributed by atoms with E-state index in [1.54, 1.807) is 0 Å². The summed E-state index contributed by atoms with van der Waals surface area (Å²) in [5, 5.41) is 0. The monoisotopic (exact) mass is 268 g/mol. The first-order valence-corrected chi connectivity index (χ1v) is 7.51. The summed E-state index contributed by atoms with van der Waals surface area (Å²) in [6.45, 7) is 3.22. The Kier molecular flexibility index (Phi) is 3.56. The van der Waals surface area contributed by atoms with Crippen LogP contribution in [0.15, 0.2) is 35.9 Å². The molecule has 0 N–H and O–H groups in total. The smallest absolute Gasteiger partial charge is 0.183 e. The van der Waals surface area contributed by atoms with Crippen molar-refractivity contribution >= 4 is 11.5 Å². The van der Waals surface area contributed by atoms with E-state index in [0.717, 1.165) is 25.8 Å². The Hall–Kier alpha value is -1.70. The summed E-state index contributed by atoms with van der Waals surface area (Å²) in [5.41, 5.74) is 5.27. The number of carbonyl (C=O) groups excluding carboxylic acids is 1. The molecule has 0 bridgehead atoms. The average molecular weight is 268 g/mol. The molecule has 104 valence electrons. The third-order valence-electron chi connectivity index (χ3n) is 4.59. The number of aryl methyl sites for hydroxylation is 1. The summed E-state index contributed by atoms with van der Waals surface area (Å²) in [6, 6.07) is 8.73. The second-order valence-electron chi connectivity index (χ2n) is 6.12. The van der Waals surface area contributed by atoms with Crippen molar-refractivity contribution < 1.29 is 9.37 Å². The van der Waals surface area contributed by atoms with Crippen molar-refractivity contribution in [3.05, 3.63) is 47.0 Å². The number of benzene rings is 1. The van der Waals surface area contributed by atoms with E-state index in [-0.39, 0.29) is 0 Å². The van der Waals surface area contributed by atoms with Crippen molar-refractivity contribution in [2.45, 2.75) is 32.6 Å². The highest BCUT2D eigenvalue weighted by molar-refractivity contribution is 6.05. The van der Waals surface area contributed by atoms with Crippen LogP contribution in [0.2, 0.25) is 0 Å². The first kappa shape index (κ1) is 13.3. The summed E-state index contributed by atoms with van der Waals surface area (Å²) in [6.07, 6.45) is 5.80. The van der Waals surface area contributed by atoms with Crippen LogP contribution in [0.5, 0.6) is 0 Å². The van der Waals surface area contributed by atoms with E-state index in [0.29, 0.717) is 11.7 Å². The Labute approximate surface area is 120 Å². The molecule has 0 saturated carbocycles. The van der Waals surface area contributed by atoms with E-state index in [4.69, 9.17) is 0 Å². The minimum absolute atomic E-state index is 0.299. The number of hydrogen-bond acceptors (Lipinski definition) is 1. The molecule has 1 aliphatic heterocycles. The van der Waals surface area contributed by atoms with Gasteiger partial charge >= 0.3 is 0 Å². The van der Waals surface area contributed by atoms with Gasteiger partial charge in [0.05, 0.1) is 6.42 Å². The lowest BCUT2D eigenvalue weighted by Gasteiger charge is -2.27. The van der Waals surface area contributed by atoms with Crippen LogP contribution < -0.4 is 0 Å². The fraction of sp³-hybridized carbons (Fsp3) is 0.444. The molecule has 3 rings (SSSR count). The molecule has 0 radical (unpaired) electrons. The molecule has 1 aromatic carbocycles. The summed E-state index contributed by atoms with van der Waals surface area (Å²) in [7, 11) is 2.15. The topological polar surface area (TPSA) is 20.1 Å². The van der Waals surface area contributed by atoms with Gasteiger partial charge in [0.25, 0.3) is 0 Å². The zero-order valence-corrected chi connectivity index (χ0v) is 12.4. The fourth-order valence-corrected chi connectivity index (χ4v) is 3.30. The molecule has 2 nitrogen and oxygen atoms in total. The van der Waals surface area contributed by atoms with Crippen molar-refractivity contribution in [3.8, 4) is 0 Å². The van der Waals surface area contributed by atoms with Crippen LogP contribution in [-0.4, -0.2) is 29.7 Å². The Morgan fingerprint density at radius 3 is 2.70 bits per heavy atom. The van der Waals surface area contributed by atoms with Gasteiger partial charge in [-0.05, 0) is 30.9 Å². The van der Waals surface area contributed by atoms with Crippen LogP contribution >= 0.6 is 0 Å². The summed E-state index contributed by atoms with van der Waals surface area (Å²) in [4.78, 5) is 11.8. The van der Waals surface area contributed by atoms with Gasteiger partial charge in [-0.3, -0.25) is 4.79 Å². The molecule has 2 heteroatoms. The van der Waals surface area contributed by atoms with Gasteiger partial charge in [-0.15, -0.1) is 0 Å². The quantitative estimate of drug-likeness (QED) is 0.755. The van der Waals surface area contributed by atoms with Crippen molar-refractivity contribution in [3.63, 3.8) is 0 Å². The molecule has 0 fully saturated rings. The van der Waals surface area contributed by atoms with Crippen LogP contribution in [0.4, 0.5) is 0 Å². The Balaban J connectivity index is 1.92. The first-order valence-electron chi connectivity index (χ1n) is 7.51. The van der Waals surface area contributed by atoms with Gasteiger partial charge in [0.1, 0.15) is 13.6 Å². The van der Waals surface area contributed by atoms with Crippen LogP contribution in [0.1, 0.15) is 30.4 Å².